The average Bonchev–Trinajstić information content (AvgIpc) is 1.28. The SMILES string of the molecule is COc1cccc(-c2ncccc2-c2ccc3ncsc3c2)c1.Cc1ccc(F)c(-c2ncccc2-c2ccc3ncsc3c2)c1.Clc1cccc(-c2ncccc2-c2ccc3ncsc3c2)c1.Fc1cc(-c2ncccc2-c2ccc3ncsc3c2)cc(F)c1F.Fc1ccc(-c2ncccc2-c2ccc3ncsc3c2)c(F)c1.N#Cc1cccc(-c2ncccc2-c2ccc3ncsc3c2)c1. The third kappa shape index (κ3) is 20.5. The Morgan fingerprint density at radius 1 is 0.261 bits per heavy atom. The summed E-state index contributed by atoms with van der Waals surface area (Å²) in [6.45, 7) is 1.95. The van der Waals surface area contributed by atoms with Gasteiger partial charge in [0.05, 0.1) is 147 Å². The number of aryl methyl sites for hydroxylation is 1. The van der Waals surface area contributed by atoms with Crippen LogP contribution in [0, 0.1) is 53.2 Å². The Morgan fingerprint density at radius 3 is 0.957 bits per heavy atom. The quantitative estimate of drug-likeness (QED) is 0.0783. The van der Waals surface area contributed by atoms with Crippen molar-refractivity contribution in [1.29, 1.82) is 5.26 Å². The summed E-state index contributed by atoms with van der Waals surface area (Å²) in [7, 11) is 1.68. The highest BCUT2D eigenvalue weighted by atomic mass is 35.5. The van der Waals surface area contributed by atoms with Gasteiger partial charge in [0.15, 0.2) is 17.5 Å². The van der Waals surface area contributed by atoms with E-state index in [2.05, 4.69) is 145 Å². The normalized spacial score (nSPS) is 10.9. The van der Waals surface area contributed by atoms with E-state index in [-0.39, 0.29) is 16.9 Å². The monoisotopic (exact) mass is 1940 g/mol. The van der Waals surface area contributed by atoms with Gasteiger partial charge in [-0.2, -0.15) is 5.26 Å². The summed E-state index contributed by atoms with van der Waals surface area (Å²) in [5.41, 5.74) is 38.7. The number of pyridine rings is 6. The van der Waals surface area contributed by atoms with Crippen molar-refractivity contribution in [3.05, 3.63) is 425 Å². The van der Waals surface area contributed by atoms with Crippen LogP contribution in [0.2, 0.25) is 5.02 Å². The second-order valence-electron chi connectivity index (χ2n) is 30.9. The van der Waals surface area contributed by atoms with Crippen LogP contribution in [0.4, 0.5) is 26.3 Å². The Labute approximate surface area is 815 Å². The second-order valence-corrected chi connectivity index (χ2v) is 36.7. The lowest BCUT2D eigenvalue weighted by Gasteiger charge is -2.10. The maximum Gasteiger partial charge on any atom is 0.194 e. The minimum Gasteiger partial charge on any atom is -0.497 e. The smallest absolute Gasteiger partial charge is 0.194 e. The van der Waals surface area contributed by atoms with Gasteiger partial charge in [-0.3, -0.25) is 29.9 Å². The van der Waals surface area contributed by atoms with Crippen molar-refractivity contribution < 1.29 is 31.1 Å². The van der Waals surface area contributed by atoms with Crippen LogP contribution in [0.1, 0.15) is 11.1 Å². The van der Waals surface area contributed by atoms with E-state index >= 15 is 0 Å². The minimum atomic E-state index is -1.48. The molecule has 0 unspecified atom stereocenters. The summed E-state index contributed by atoms with van der Waals surface area (Å²) < 4.78 is 94.0. The zero-order chi connectivity index (χ0) is 94.5. The van der Waals surface area contributed by atoms with Gasteiger partial charge in [0.2, 0.25) is 0 Å². The number of benzene rings is 12. The van der Waals surface area contributed by atoms with E-state index < -0.39 is 29.1 Å². The topological polar surface area (TPSA) is 188 Å². The Morgan fingerprint density at radius 2 is 0.594 bits per heavy atom. The lowest BCUT2D eigenvalue weighted by molar-refractivity contribution is 0.415. The van der Waals surface area contributed by atoms with E-state index in [1.807, 2.05) is 205 Å². The highest BCUT2D eigenvalue weighted by Gasteiger charge is 2.22. The molecule has 0 bridgehead atoms. The first-order valence-corrected chi connectivity index (χ1v) is 48.2. The molecule has 0 saturated heterocycles. The number of nitriles is 1. The molecule has 0 N–H and O–H groups in total. The number of aromatic nitrogens is 12. The van der Waals surface area contributed by atoms with Crippen molar-refractivity contribution in [3.8, 4) is 146 Å². The molecule has 24 rings (SSSR count). The summed E-state index contributed by atoms with van der Waals surface area (Å²) in [5.74, 6) is -4.61. The number of methoxy groups -OCH3 is 1. The number of fused-ring (bicyclic) bond motifs is 6. The molecule has 27 heteroatoms. The summed E-state index contributed by atoms with van der Waals surface area (Å²) in [4.78, 5) is 52.5. The molecule has 0 aliphatic rings. The van der Waals surface area contributed by atoms with Crippen molar-refractivity contribution >= 4 is 141 Å². The van der Waals surface area contributed by atoms with Crippen LogP contribution in [-0.4, -0.2) is 66.9 Å². The van der Waals surface area contributed by atoms with E-state index in [9.17, 15) is 26.3 Å². The molecule has 24 aromatic rings. The van der Waals surface area contributed by atoms with Crippen LogP contribution in [0.15, 0.2) is 374 Å². The number of hydrogen-bond acceptors (Lipinski definition) is 20. The third-order valence-corrected chi connectivity index (χ3v) is 27.2. The molecule has 12 heterocycles. The number of rotatable bonds is 13. The van der Waals surface area contributed by atoms with E-state index in [1.165, 1.54) is 45.1 Å². The fourth-order valence-electron chi connectivity index (χ4n) is 15.7. The molecule has 0 radical (unpaired) electrons. The van der Waals surface area contributed by atoms with Crippen LogP contribution in [-0.2, 0) is 0 Å². The zero-order valence-corrected chi connectivity index (χ0v) is 78.3. The van der Waals surface area contributed by atoms with Crippen LogP contribution in [0.5, 0.6) is 5.75 Å². The van der Waals surface area contributed by atoms with Crippen molar-refractivity contribution in [2.75, 3.05) is 7.11 Å². The second kappa shape index (κ2) is 41.9. The fourth-order valence-corrected chi connectivity index (χ4v) is 20.1. The van der Waals surface area contributed by atoms with Gasteiger partial charge in [-0.05, 0) is 222 Å². The van der Waals surface area contributed by atoms with Gasteiger partial charge in [-0.1, -0.05) is 132 Å². The van der Waals surface area contributed by atoms with Crippen molar-refractivity contribution in [2.24, 2.45) is 0 Å². The lowest BCUT2D eigenvalue weighted by Crippen LogP contribution is -1.95. The highest BCUT2D eigenvalue weighted by Crippen LogP contribution is 2.42. The van der Waals surface area contributed by atoms with Gasteiger partial charge in [0, 0.05) is 115 Å². The van der Waals surface area contributed by atoms with Crippen molar-refractivity contribution in [3.63, 3.8) is 0 Å². The molecule has 0 aliphatic carbocycles. The Balaban J connectivity index is 0.000000106. The van der Waals surface area contributed by atoms with E-state index in [4.69, 9.17) is 21.6 Å². The number of hydrogen-bond donors (Lipinski definition) is 0. The van der Waals surface area contributed by atoms with Gasteiger partial charge in [-0.15, -0.1) is 68.0 Å². The summed E-state index contributed by atoms with van der Waals surface area (Å²) in [5, 5.41) is 9.83. The predicted octanol–water partition coefficient (Wildman–Crippen LogP) is 31.8. The first-order chi connectivity index (χ1) is 67.6. The molecule has 12 aromatic heterocycles. The molecule has 0 saturated carbocycles. The van der Waals surface area contributed by atoms with E-state index in [1.54, 1.807) is 118 Å². The number of ether oxygens (including phenoxy) is 1. The number of nitrogens with zero attached hydrogens (tertiary/aromatic N) is 13. The first-order valence-electron chi connectivity index (χ1n) is 42.6. The van der Waals surface area contributed by atoms with Crippen LogP contribution in [0.3, 0.4) is 0 Å². The molecular weight excluding hydrogens is 1870 g/mol. The molecule has 14 nitrogen and oxygen atoms in total. The summed E-state index contributed by atoms with van der Waals surface area (Å²) >= 11 is 15.7. The highest BCUT2D eigenvalue weighted by molar-refractivity contribution is 7.18. The molecule has 668 valence electrons. The Hall–Kier alpha value is -16.0. The maximum atomic E-state index is 14.3. The molecular formula is C111H68ClF6N13OS6. The molecule has 0 amide bonds. The number of halogens is 7. The Bertz CT molecular complexity index is 8610. The van der Waals surface area contributed by atoms with Crippen LogP contribution >= 0.6 is 79.6 Å². The molecule has 0 atom stereocenters. The molecule has 12 aromatic carbocycles. The van der Waals surface area contributed by atoms with Crippen molar-refractivity contribution in [1.82, 2.24) is 59.8 Å². The van der Waals surface area contributed by atoms with Gasteiger partial charge in [-0.25, -0.2) is 56.2 Å². The largest absolute Gasteiger partial charge is 0.497 e. The zero-order valence-electron chi connectivity index (χ0n) is 72.6. The molecule has 0 aliphatic heterocycles. The molecule has 0 fully saturated rings. The van der Waals surface area contributed by atoms with E-state index in [0.717, 1.165) is 176 Å². The molecule has 138 heavy (non-hydrogen) atoms. The van der Waals surface area contributed by atoms with Gasteiger partial charge in [0.1, 0.15) is 23.2 Å². The molecule has 0 spiro atoms. The lowest BCUT2D eigenvalue weighted by atomic mass is 9.98. The summed E-state index contributed by atoms with van der Waals surface area (Å²) in [6, 6.07) is 95.8. The van der Waals surface area contributed by atoms with Crippen molar-refractivity contribution in [2.45, 2.75) is 6.92 Å². The van der Waals surface area contributed by atoms with Crippen LogP contribution in [0.25, 0.3) is 196 Å². The maximum absolute atomic E-state index is 14.3. The van der Waals surface area contributed by atoms with E-state index in [0.29, 0.717) is 38.8 Å². The first kappa shape index (κ1) is 91.2. The Kier molecular flexibility index (Phi) is 27.7. The summed E-state index contributed by atoms with van der Waals surface area (Å²) in [6.07, 6.45) is 10.2. The third-order valence-electron chi connectivity index (χ3n) is 22.2. The number of thiazole rings is 6. The standard InChI is InChI=1S/C19H13FN2S.C19H11N3S.C19H14N2OS.C18H11ClN2S.C18H9F3N2S.C18H10F2N2S/c1-12-4-6-16(20)15(9-12)19-14(3-2-8-21-19)13-5-7-17-18(10-13)23-11-22-17;20-11-13-3-1-4-15(9-13)19-16(5-2-8-21-19)14-6-7-17-18(10-14)23-12-22-17;1-22-15-5-2-4-14(10-15)19-16(6-3-9-20-19)13-7-8-17-18(11-13)23-12-21-17;19-14-4-1-3-13(9-14)18-15(5-2-8-20-18)12-6-7-16-17(10-12)22-11-21-16;19-13-6-11(7-14(20)17(13)21)18-12(2-1-5-22-18)10-3-4-15-16(8-10)24-9-23-15;19-12-4-5-14(15(20)9-12)18-13(2-1-7-21-18)11-3-6-16-17(8-11)23-10-22-16/h2-11H,1H3;1-10,12H;2-12H,1H3;1-11H;1-9H;1-10H. The predicted molar refractivity (Wildman–Crippen MR) is 550 cm³/mol. The van der Waals surface area contributed by atoms with Gasteiger partial charge < -0.3 is 4.74 Å². The minimum absolute atomic E-state index is 0.186. The fraction of sp³-hybridized carbons (Fsp3) is 0.0180. The van der Waals surface area contributed by atoms with Gasteiger partial charge in [0.25, 0.3) is 0 Å². The average molecular weight is 1940 g/mol. The van der Waals surface area contributed by atoms with Crippen LogP contribution < -0.4 is 4.74 Å². The van der Waals surface area contributed by atoms with Gasteiger partial charge >= 0.3 is 0 Å².